The Bertz CT molecular complexity index is 567. The number of aliphatic hydroxyl groups is 3. The molecule has 25 heavy (non-hydrogen) atoms. The third-order valence-electron chi connectivity index (χ3n) is 4.91. The molecule has 0 radical (unpaired) electrons. The highest BCUT2D eigenvalue weighted by molar-refractivity contribution is 6.09. The summed E-state index contributed by atoms with van der Waals surface area (Å²) in [4.78, 5) is 25.3. The van der Waals surface area contributed by atoms with Crippen LogP contribution in [0.5, 0.6) is 0 Å². The van der Waals surface area contributed by atoms with Gasteiger partial charge in [-0.1, -0.05) is 37.1 Å². The lowest BCUT2D eigenvalue weighted by Gasteiger charge is -2.33. The number of allylic oxidation sites excluding steroid dienone is 3. The average Bonchev–Trinajstić information content (AvgIpc) is 2.69. The van der Waals surface area contributed by atoms with Crippen molar-refractivity contribution < 1.29 is 24.9 Å². The molecule has 0 bridgehead atoms. The van der Waals surface area contributed by atoms with Crippen molar-refractivity contribution in [3.05, 3.63) is 23.3 Å². The number of Topliss-reactive ketones (excluding diaryl/α,β-unsaturated/α-hetero) is 2. The monoisotopic (exact) mass is 352 g/mol. The van der Waals surface area contributed by atoms with Gasteiger partial charge in [0.15, 0.2) is 11.4 Å². The Kier molecular flexibility index (Phi) is 7.29. The SMILES string of the molecule is CC(C)=CCC(O)C1(O)C(=O)C(C(=O)C(C)C)C(O)C1CC=C(C)C. The number of rotatable bonds is 7. The van der Waals surface area contributed by atoms with Gasteiger partial charge in [0.2, 0.25) is 0 Å². The maximum Gasteiger partial charge on any atom is 0.180 e. The van der Waals surface area contributed by atoms with Gasteiger partial charge in [0.1, 0.15) is 11.7 Å². The van der Waals surface area contributed by atoms with Gasteiger partial charge in [-0.2, -0.15) is 0 Å². The van der Waals surface area contributed by atoms with Gasteiger partial charge in [-0.15, -0.1) is 0 Å². The molecule has 0 aromatic carbocycles. The largest absolute Gasteiger partial charge is 0.391 e. The molecule has 5 nitrogen and oxygen atoms in total. The van der Waals surface area contributed by atoms with E-state index in [4.69, 9.17) is 0 Å². The van der Waals surface area contributed by atoms with Crippen molar-refractivity contribution in [1.29, 1.82) is 0 Å². The molecule has 0 aromatic heterocycles. The molecule has 1 fully saturated rings. The van der Waals surface area contributed by atoms with E-state index in [1.807, 2.05) is 33.8 Å². The second-order valence-electron chi connectivity index (χ2n) is 7.87. The van der Waals surface area contributed by atoms with Gasteiger partial charge in [0.05, 0.1) is 12.2 Å². The van der Waals surface area contributed by atoms with E-state index in [1.54, 1.807) is 19.9 Å². The van der Waals surface area contributed by atoms with Crippen LogP contribution in [0.2, 0.25) is 0 Å². The molecule has 1 rings (SSSR count). The number of hydrogen-bond acceptors (Lipinski definition) is 5. The molecule has 142 valence electrons. The van der Waals surface area contributed by atoms with Crippen LogP contribution in [-0.2, 0) is 9.59 Å². The standard InChI is InChI=1S/C20H32O5/c1-11(2)7-9-14-18(23)16(17(22)13(5)6)19(24)20(14,25)15(21)10-8-12(3)4/h7-8,13-16,18,21,23,25H,9-10H2,1-6H3. The summed E-state index contributed by atoms with van der Waals surface area (Å²) in [5.74, 6) is -3.80. The first-order chi connectivity index (χ1) is 11.4. The molecule has 1 aliphatic rings. The van der Waals surface area contributed by atoms with Crippen LogP contribution in [-0.4, -0.2) is 44.7 Å². The molecule has 5 unspecified atom stereocenters. The smallest absolute Gasteiger partial charge is 0.180 e. The van der Waals surface area contributed by atoms with Crippen LogP contribution in [0, 0.1) is 17.8 Å². The summed E-state index contributed by atoms with van der Waals surface area (Å²) in [5.41, 5.74) is -0.212. The first-order valence-electron chi connectivity index (χ1n) is 8.87. The van der Waals surface area contributed by atoms with Gasteiger partial charge >= 0.3 is 0 Å². The summed E-state index contributed by atoms with van der Waals surface area (Å²) in [6, 6.07) is 0. The van der Waals surface area contributed by atoms with Crippen LogP contribution < -0.4 is 0 Å². The number of carbonyl (C=O) groups excluding carboxylic acids is 2. The molecule has 0 saturated heterocycles. The van der Waals surface area contributed by atoms with E-state index in [9.17, 15) is 24.9 Å². The second-order valence-corrected chi connectivity index (χ2v) is 7.87. The molecule has 0 heterocycles. The van der Waals surface area contributed by atoms with E-state index < -0.39 is 47.1 Å². The summed E-state index contributed by atoms with van der Waals surface area (Å²) < 4.78 is 0. The third kappa shape index (κ3) is 4.46. The van der Waals surface area contributed by atoms with E-state index in [1.165, 1.54) is 0 Å². The zero-order valence-electron chi connectivity index (χ0n) is 16.1. The highest BCUT2D eigenvalue weighted by Gasteiger charge is 2.63. The number of ketones is 2. The minimum atomic E-state index is -2.13. The average molecular weight is 352 g/mol. The van der Waals surface area contributed by atoms with E-state index in [0.29, 0.717) is 0 Å². The lowest BCUT2D eigenvalue weighted by Crippen LogP contribution is -2.52. The predicted molar refractivity (Wildman–Crippen MR) is 96.9 cm³/mol. The molecule has 0 spiro atoms. The van der Waals surface area contributed by atoms with Crippen LogP contribution in [0.4, 0.5) is 0 Å². The van der Waals surface area contributed by atoms with Gasteiger partial charge in [-0.05, 0) is 40.5 Å². The van der Waals surface area contributed by atoms with Crippen LogP contribution in [0.1, 0.15) is 54.4 Å². The summed E-state index contributed by atoms with van der Waals surface area (Å²) in [5, 5.41) is 32.3. The van der Waals surface area contributed by atoms with Crippen molar-refractivity contribution in [1.82, 2.24) is 0 Å². The molecule has 0 aliphatic heterocycles. The molecule has 1 aliphatic carbocycles. The summed E-state index contributed by atoms with van der Waals surface area (Å²) in [6.45, 7) is 10.8. The predicted octanol–water partition coefficient (Wildman–Crippen LogP) is 2.19. The van der Waals surface area contributed by atoms with E-state index in [-0.39, 0.29) is 12.8 Å². The first kappa shape index (κ1) is 21.7. The van der Waals surface area contributed by atoms with Crippen LogP contribution >= 0.6 is 0 Å². The van der Waals surface area contributed by atoms with Gasteiger partial charge in [-0.25, -0.2) is 0 Å². The fraction of sp³-hybridized carbons (Fsp3) is 0.700. The Morgan fingerprint density at radius 3 is 2.12 bits per heavy atom. The molecule has 5 heteroatoms. The zero-order valence-corrected chi connectivity index (χ0v) is 16.1. The Labute approximate surface area is 150 Å². The van der Waals surface area contributed by atoms with E-state index in [2.05, 4.69) is 0 Å². The molecular formula is C20H32O5. The fourth-order valence-corrected chi connectivity index (χ4v) is 3.36. The van der Waals surface area contributed by atoms with E-state index in [0.717, 1.165) is 11.1 Å². The van der Waals surface area contributed by atoms with Gasteiger partial charge in [-0.3, -0.25) is 9.59 Å². The van der Waals surface area contributed by atoms with Crippen molar-refractivity contribution in [3.8, 4) is 0 Å². The Balaban J connectivity index is 3.31. The molecule has 1 saturated carbocycles. The molecule has 5 atom stereocenters. The Morgan fingerprint density at radius 1 is 1.16 bits per heavy atom. The summed E-state index contributed by atoms with van der Waals surface area (Å²) in [6.07, 6.45) is 1.18. The van der Waals surface area contributed by atoms with E-state index >= 15 is 0 Å². The zero-order chi connectivity index (χ0) is 19.5. The Morgan fingerprint density at radius 2 is 1.68 bits per heavy atom. The summed E-state index contributed by atoms with van der Waals surface area (Å²) in [7, 11) is 0. The van der Waals surface area contributed by atoms with Crippen molar-refractivity contribution >= 4 is 11.6 Å². The van der Waals surface area contributed by atoms with Gasteiger partial charge < -0.3 is 15.3 Å². The van der Waals surface area contributed by atoms with Crippen molar-refractivity contribution in [3.63, 3.8) is 0 Å². The van der Waals surface area contributed by atoms with Crippen LogP contribution in [0.15, 0.2) is 23.3 Å². The highest BCUT2D eigenvalue weighted by atomic mass is 16.4. The Hall–Kier alpha value is -1.30. The summed E-state index contributed by atoms with van der Waals surface area (Å²) >= 11 is 0. The topological polar surface area (TPSA) is 94.8 Å². The number of carbonyl (C=O) groups is 2. The van der Waals surface area contributed by atoms with Crippen molar-refractivity contribution in [2.24, 2.45) is 17.8 Å². The van der Waals surface area contributed by atoms with Gasteiger partial charge in [0, 0.05) is 11.8 Å². The fourth-order valence-electron chi connectivity index (χ4n) is 3.36. The van der Waals surface area contributed by atoms with Crippen molar-refractivity contribution in [2.75, 3.05) is 0 Å². The third-order valence-corrected chi connectivity index (χ3v) is 4.91. The lowest BCUT2D eigenvalue weighted by molar-refractivity contribution is -0.155. The highest BCUT2D eigenvalue weighted by Crippen LogP contribution is 2.43. The maximum absolute atomic E-state index is 12.9. The quantitative estimate of drug-likeness (QED) is 0.482. The first-order valence-corrected chi connectivity index (χ1v) is 8.87. The molecular weight excluding hydrogens is 320 g/mol. The minimum Gasteiger partial charge on any atom is -0.391 e. The number of aliphatic hydroxyl groups excluding tert-OH is 2. The maximum atomic E-state index is 12.9. The van der Waals surface area contributed by atoms with Crippen LogP contribution in [0.3, 0.4) is 0 Å². The molecule has 3 N–H and O–H groups in total. The number of hydrogen-bond donors (Lipinski definition) is 3. The molecule has 0 aromatic rings. The lowest BCUT2D eigenvalue weighted by atomic mass is 9.80. The molecule has 0 amide bonds. The second kappa shape index (κ2) is 8.39. The minimum absolute atomic E-state index is 0.0885. The van der Waals surface area contributed by atoms with Crippen LogP contribution in [0.25, 0.3) is 0 Å². The van der Waals surface area contributed by atoms with Gasteiger partial charge in [0.25, 0.3) is 0 Å². The normalized spacial score (nSPS) is 30.3. The van der Waals surface area contributed by atoms with Crippen molar-refractivity contribution in [2.45, 2.75) is 72.2 Å².